The second-order valence-electron chi connectivity index (χ2n) is 6.55. The molecule has 1 heteroatoms. The van der Waals surface area contributed by atoms with Gasteiger partial charge in [-0.15, -0.1) is 0 Å². The Morgan fingerprint density at radius 1 is 0.917 bits per heavy atom. The van der Waals surface area contributed by atoms with Crippen LogP contribution in [0.25, 0.3) is 0 Å². The molecule has 24 heavy (non-hydrogen) atoms. The third kappa shape index (κ3) is 4.15. The van der Waals surface area contributed by atoms with Gasteiger partial charge in [0.2, 0.25) is 0 Å². The van der Waals surface area contributed by atoms with E-state index < -0.39 is 0 Å². The summed E-state index contributed by atoms with van der Waals surface area (Å²) in [5.74, 6) is 6.75. The quantitative estimate of drug-likeness (QED) is 0.550. The highest BCUT2D eigenvalue weighted by molar-refractivity contribution is 5.98. The van der Waals surface area contributed by atoms with Gasteiger partial charge < -0.3 is 0 Å². The summed E-state index contributed by atoms with van der Waals surface area (Å²) in [5.41, 5.74) is 5.48. The Morgan fingerprint density at radius 2 is 1.67 bits per heavy atom. The van der Waals surface area contributed by atoms with Crippen LogP contribution in [0.4, 0.5) is 0 Å². The van der Waals surface area contributed by atoms with Crippen molar-refractivity contribution in [3.63, 3.8) is 0 Å². The number of carbonyl (C=O) groups excluding carboxylic acids is 1. The first kappa shape index (κ1) is 16.5. The number of rotatable bonds is 4. The lowest BCUT2D eigenvalue weighted by molar-refractivity contribution is 0.0972. The minimum Gasteiger partial charge on any atom is -0.294 e. The molecule has 0 spiro atoms. The highest BCUT2D eigenvalue weighted by Crippen LogP contribution is 2.22. The molecule has 1 nitrogen and oxygen atoms in total. The number of aryl methyl sites for hydroxylation is 2. The molecule has 1 aliphatic rings. The van der Waals surface area contributed by atoms with Crippen LogP contribution in [0.2, 0.25) is 0 Å². The third-order valence-corrected chi connectivity index (χ3v) is 4.63. The summed E-state index contributed by atoms with van der Waals surface area (Å²) in [6.07, 6.45) is 7.60. The van der Waals surface area contributed by atoms with Crippen molar-refractivity contribution in [2.24, 2.45) is 0 Å². The monoisotopic (exact) mass is 316 g/mol. The average Bonchev–Trinajstić information content (AvgIpc) is 2.61. The van der Waals surface area contributed by atoms with E-state index in [0.717, 1.165) is 41.5 Å². The lowest BCUT2D eigenvalue weighted by Gasteiger charge is -2.14. The molecule has 0 N–H and O–H groups in total. The molecule has 1 aliphatic carbocycles. The Hall–Kier alpha value is -2.33. The molecule has 0 fully saturated rings. The molecule has 0 heterocycles. The van der Waals surface area contributed by atoms with Crippen LogP contribution in [0.15, 0.2) is 42.5 Å². The van der Waals surface area contributed by atoms with E-state index in [2.05, 4.69) is 49.1 Å². The number of ketones is 1. The molecule has 2 aromatic rings. The summed E-state index contributed by atoms with van der Waals surface area (Å²) in [4.78, 5) is 11.9. The maximum absolute atomic E-state index is 11.9. The first-order valence-electron chi connectivity index (χ1n) is 9.03. The fourth-order valence-electron chi connectivity index (χ4n) is 3.20. The fourth-order valence-corrected chi connectivity index (χ4v) is 3.20. The number of carbonyl (C=O) groups is 1. The van der Waals surface area contributed by atoms with Crippen molar-refractivity contribution in [1.29, 1.82) is 0 Å². The van der Waals surface area contributed by atoms with Gasteiger partial charge in [-0.25, -0.2) is 0 Å². The largest absolute Gasteiger partial charge is 0.294 e. The maximum Gasteiger partial charge on any atom is 0.163 e. The Balaban J connectivity index is 1.69. The van der Waals surface area contributed by atoms with Gasteiger partial charge in [0.25, 0.3) is 0 Å². The molecule has 0 radical (unpaired) electrons. The molecule has 0 bridgehead atoms. The molecule has 0 unspecified atom stereocenters. The lowest BCUT2D eigenvalue weighted by atomic mass is 9.89. The van der Waals surface area contributed by atoms with Crippen LogP contribution >= 0.6 is 0 Å². The van der Waals surface area contributed by atoms with Crippen LogP contribution in [0.5, 0.6) is 0 Å². The maximum atomic E-state index is 11.9. The number of hydrogen-bond acceptors (Lipinski definition) is 1. The minimum atomic E-state index is 0.273. The molecule has 0 saturated carbocycles. The number of Topliss-reactive ketones (excluding diaryl/α,β-unsaturated/α-hetero) is 1. The van der Waals surface area contributed by atoms with Crippen LogP contribution in [0.3, 0.4) is 0 Å². The van der Waals surface area contributed by atoms with Crippen LogP contribution in [-0.2, 0) is 12.8 Å². The SMILES string of the molecule is CCCCCc1ccc(C#Cc2ccc3c(c2)CCCC3=O)cc1. The number of fused-ring (bicyclic) bond motifs is 1. The van der Waals surface area contributed by atoms with Crippen LogP contribution in [0.1, 0.15) is 71.6 Å². The Kier molecular flexibility index (Phi) is 5.49. The summed E-state index contributed by atoms with van der Waals surface area (Å²) in [6.45, 7) is 2.23. The molecular weight excluding hydrogens is 292 g/mol. The second kappa shape index (κ2) is 7.97. The van der Waals surface area contributed by atoms with Crippen molar-refractivity contribution in [3.8, 4) is 11.8 Å². The molecule has 2 aromatic carbocycles. The Morgan fingerprint density at radius 3 is 2.46 bits per heavy atom. The molecule has 0 amide bonds. The van der Waals surface area contributed by atoms with E-state index in [9.17, 15) is 4.79 Å². The first-order chi connectivity index (χ1) is 11.8. The zero-order chi connectivity index (χ0) is 16.8. The van der Waals surface area contributed by atoms with Gasteiger partial charge in [0.1, 0.15) is 0 Å². The zero-order valence-electron chi connectivity index (χ0n) is 14.4. The second-order valence-corrected chi connectivity index (χ2v) is 6.55. The van der Waals surface area contributed by atoms with Crippen molar-refractivity contribution in [1.82, 2.24) is 0 Å². The summed E-state index contributed by atoms with van der Waals surface area (Å²) < 4.78 is 0. The zero-order valence-corrected chi connectivity index (χ0v) is 14.4. The molecule has 0 aliphatic heterocycles. The highest BCUT2D eigenvalue weighted by atomic mass is 16.1. The predicted molar refractivity (Wildman–Crippen MR) is 99.4 cm³/mol. The molecule has 122 valence electrons. The van der Waals surface area contributed by atoms with Gasteiger partial charge in [0, 0.05) is 23.1 Å². The lowest BCUT2D eigenvalue weighted by Crippen LogP contribution is -2.10. The van der Waals surface area contributed by atoms with E-state index in [1.807, 2.05) is 12.1 Å². The van der Waals surface area contributed by atoms with E-state index in [4.69, 9.17) is 0 Å². The normalized spacial score (nSPS) is 13.1. The van der Waals surface area contributed by atoms with Gasteiger partial charge in [-0.2, -0.15) is 0 Å². The Labute approximate surface area is 145 Å². The van der Waals surface area contributed by atoms with Crippen molar-refractivity contribution in [2.75, 3.05) is 0 Å². The highest BCUT2D eigenvalue weighted by Gasteiger charge is 2.16. The fraction of sp³-hybridized carbons (Fsp3) is 0.348. The number of benzene rings is 2. The van der Waals surface area contributed by atoms with Gasteiger partial charge >= 0.3 is 0 Å². The van der Waals surface area contributed by atoms with Gasteiger partial charge in [-0.1, -0.05) is 43.7 Å². The molecule has 0 saturated heterocycles. The van der Waals surface area contributed by atoms with Gasteiger partial charge in [-0.05, 0) is 67.1 Å². The summed E-state index contributed by atoms with van der Waals surface area (Å²) >= 11 is 0. The standard InChI is InChI=1S/C23H24O/c1-2-3-4-6-18-9-11-19(12-10-18)13-14-20-15-16-22-21(17-20)7-5-8-23(22)24/h9-12,15-17H,2-8H2,1H3. The van der Waals surface area contributed by atoms with Gasteiger partial charge in [0.15, 0.2) is 5.78 Å². The summed E-state index contributed by atoms with van der Waals surface area (Å²) in [7, 11) is 0. The van der Waals surface area contributed by atoms with Crippen LogP contribution < -0.4 is 0 Å². The van der Waals surface area contributed by atoms with Crippen molar-refractivity contribution in [3.05, 3.63) is 70.3 Å². The minimum absolute atomic E-state index is 0.273. The van der Waals surface area contributed by atoms with Crippen molar-refractivity contribution < 1.29 is 4.79 Å². The van der Waals surface area contributed by atoms with Crippen molar-refractivity contribution >= 4 is 5.78 Å². The predicted octanol–water partition coefficient (Wildman–Crippen LogP) is 5.34. The van der Waals surface area contributed by atoms with E-state index in [-0.39, 0.29) is 5.78 Å². The van der Waals surface area contributed by atoms with Gasteiger partial charge in [0.05, 0.1) is 0 Å². The van der Waals surface area contributed by atoms with Crippen LogP contribution in [-0.4, -0.2) is 5.78 Å². The van der Waals surface area contributed by atoms with Crippen LogP contribution in [0, 0.1) is 11.8 Å². The topological polar surface area (TPSA) is 17.1 Å². The van der Waals surface area contributed by atoms with E-state index in [1.54, 1.807) is 0 Å². The summed E-state index contributed by atoms with van der Waals surface area (Å²) in [6, 6.07) is 14.6. The molecule has 3 rings (SSSR count). The first-order valence-corrected chi connectivity index (χ1v) is 9.03. The smallest absolute Gasteiger partial charge is 0.163 e. The number of hydrogen-bond donors (Lipinski definition) is 0. The van der Waals surface area contributed by atoms with Crippen molar-refractivity contribution in [2.45, 2.75) is 51.9 Å². The third-order valence-electron chi connectivity index (χ3n) is 4.63. The van der Waals surface area contributed by atoms with E-state index >= 15 is 0 Å². The number of unbranched alkanes of at least 4 members (excludes halogenated alkanes) is 2. The van der Waals surface area contributed by atoms with E-state index in [1.165, 1.54) is 24.8 Å². The van der Waals surface area contributed by atoms with Gasteiger partial charge in [-0.3, -0.25) is 4.79 Å². The average molecular weight is 316 g/mol. The van der Waals surface area contributed by atoms with E-state index in [0.29, 0.717) is 6.42 Å². The molecule has 0 atom stereocenters. The Bertz CT molecular complexity index is 772. The summed E-state index contributed by atoms with van der Waals surface area (Å²) in [5, 5.41) is 0. The molecule has 0 aromatic heterocycles. The molecular formula is C23H24O.